The van der Waals surface area contributed by atoms with Crippen LogP contribution in [0.2, 0.25) is 0 Å². The fourth-order valence-corrected chi connectivity index (χ4v) is 2.57. The van der Waals surface area contributed by atoms with Crippen LogP contribution in [0.4, 0.5) is 0 Å². The van der Waals surface area contributed by atoms with E-state index in [1.54, 1.807) is 36.5 Å². The Morgan fingerprint density at radius 2 is 1.73 bits per heavy atom. The number of ether oxygens (including phenoxy) is 1. The van der Waals surface area contributed by atoms with Crippen LogP contribution in [0.3, 0.4) is 0 Å². The summed E-state index contributed by atoms with van der Waals surface area (Å²) in [5.74, 6) is -1.35. The first-order valence-electron chi connectivity index (χ1n) is 8.18. The molecule has 0 unspecified atom stereocenters. The molecule has 6 nitrogen and oxygen atoms in total. The highest BCUT2D eigenvalue weighted by Crippen LogP contribution is 2.18. The summed E-state index contributed by atoms with van der Waals surface area (Å²) >= 11 is 0. The molecule has 26 heavy (non-hydrogen) atoms. The highest BCUT2D eigenvalue weighted by molar-refractivity contribution is 6.09. The molecule has 1 heterocycles. The molecule has 2 N–H and O–H groups in total. The molecule has 3 rings (SSSR count). The maximum Gasteiger partial charge on any atom is 0.328 e. The second-order valence-electron chi connectivity index (χ2n) is 5.84. The SMILES string of the molecule is C[C@@H](NC(=O)c1ccccc1)C(=O)OCC(=O)c1c[nH]c2ccccc12. The average molecular weight is 350 g/mol. The highest BCUT2D eigenvalue weighted by atomic mass is 16.5. The minimum Gasteiger partial charge on any atom is -0.456 e. The van der Waals surface area contributed by atoms with Crippen molar-refractivity contribution < 1.29 is 19.1 Å². The van der Waals surface area contributed by atoms with Crippen molar-refractivity contribution in [3.05, 3.63) is 71.9 Å². The smallest absolute Gasteiger partial charge is 0.328 e. The van der Waals surface area contributed by atoms with Gasteiger partial charge in [-0.15, -0.1) is 0 Å². The van der Waals surface area contributed by atoms with Crippen molar-refractivity contribution in [2.24, 2.45) is 0 Å². The van der Waals surface area contributed by atoms with Crippen molar-refractivity contribution in [3.8, 4) is 0 Å². The van der Waals surface area contributed by atoms with E-state index in [1.807, 2.05) is 24.3 Å². The third kappa shape index (κ3) is 3.80. The molecule has 1 aromatic heterocycles. The van der Waals surface area contributed by atoms with Gasteiger partial charge in [-0.2, -0.15) is 0 Å². The Hall–Kier alpha value is -3.41. The lowest BCUT2D eigenvalue weighted by Crippen LogP contribution is -2.40. The number of carbonyl (C=O) groups is 3. The van der Waals surface area contributed by atoms with Gasteiger partial charge >= 0.3 is 5.97 Å². The third-order valence-electron chi connectivity index (χ3n) is 3.97. The lowest BCUT2D eigenvalue weighted by molar-refractivity contribution is -0.144. The second kappa shape index (κ2) is 7.65. The van der Waals surface area contributed by atoms with Crippen molar-refractivity contribution in [1.29, 1.82) is 0 Å². The van der Waals surface area contributed by atoms with Gasteiger partial charge in [-0.05, 0) is 25.1 Å². The molecular weight excluding hydrogens is 332 g/mol. The predicted octanol–water partition coefficient (Wildman–Crippen LogP) is 2.71. The Bertz CT molecular complexity index is 947. The van der Waals surface area contributed by atoms with Crippen molar-refractivity contribution in [1.82, 2.24) is 10.3 Å². The second-order valence-corrected chi connectivity index (χ2v) is 5.84. The number of hydrogen-bond acceptors (Lipinski definition) is 4. The molecule has 0 bridgehead atoms. The molecule has 132 valence electrons. The lowest BCUT2D eigenvalue weighted by Gasteiger charge is -2.13. The van der Waals surface area contributed by atoms with Crippen molar-refractivity contribution in [3.63, 3.8) is 0 Å². The van der Waals surface area contributed by atoms with Gasteiger partial charge in [0, 0.05) is 28.2 Å². The fourth-order valence-electron chi connectivity index (χ4n) is 2.57. The van der Waals surface area contributed by atoms with Crippen molar-refractivity contribution in [2.75, 3.05) is 6.61 Å². The molecule has 3 aromatic rings. The van der Waals surface area contributed by atoms with E-state index in [2.05, 4.69) is 10.3 Å². The number of Topliss-reactive ketones (excluding diaryl/α,β-unsaturated/α-hetero) is 1. The van der Waals surface area contributed by atoms with Crippen LogP contribution in [0.25, 0.3) is 10.9 Å². The molecule has 0 aliphatic heterocycles. The Balaban J connectivity index is 1.56. The van der Waals surface area contributed by atoms with E-state index in [-0.39, 0.29) is 18.3 Å². The van der Waals surface area contributed by atoms with Gasteiger partial charge < -0.3 is 15.0 Å². The molecule has 0 saturated heterocycles. The minimum absolute atomic E-state index is 0.308. The number of H-pyrrole nitrogens is 1. The molecule has 0 aliphatic carbocycles. The number of amides is 1. The monoisotopic (exact) mass is 350 g/mol. The quantitative estimate of drug-likeness (QED) is 0.528. The van der Waals surface area contributed by atoms with Crippen LogP contribution >= 0.6 is 0 Å². The first-order valence-corrected chi connectivity index (χ1v) is 8.18. The molecule has 1 amide bonds. The van der Waals surface area contributed by atoms with Crippen LogP contribution in [0.1, 0.15) is 27.6 Å². The molecular formula is C20H18N2O4. The molecule has 6 heteroatoms. The number of nitrogens with one attached hydrogen (secondary N) is 2. The first kappa shape index (κ1) is 17.4. The maximum atomic E-state index is 12.3. The molecule has 0 aliphatic rings. The van der Waals surface area contributed by atoms with E-state index >= 15 is 0 Å². The van der Waals surface area contributed by atoms with Crippen molar-refractivity contribution in [2.45, 2.75) is 13.0 Å². The summed E-state index contributed by atoms with van der Waals surface area (Å²) in [6.45, 7) is 1.13. The number of esters is 1. The van der Waals surface area contributed by atoms with Crippen molar-refractivity contribution >= 4 is 28.6 Å². The van der Waals surface area contributed by atoms with E-state index in [1.165, 1.54) is 6.92 Å². The van der Waals surface area contributed by atoms with Crippen LogP contribution in [-0.4, -0.2) is 35.3 Å². The number of hydrogen-bond donors (Lipinski definition) is 2. The standard InChI is InChI=1S/C20H18N2O4/c1-13(22-19(24)14-7-3-2-4-8-14)20(25)26-12-18(23)16-11-21-17-10-6-5-9-15(16)17/h2-11,13,21H,12H2,1H3,(H,22,24)/t13-/m1/s1. The zero-order valence-corrected chi connectivity index (χ0v) is 14.2. The predicted molar refractivity (Wildman–Crippen MR) is 97.0 cm³/mol. The highest BCUT2D eigenvalue weighted by Gasteiger charge is 2.20. The normalized spacial score (nSPS) is 11.7. The molecule has 0 radical (unpaired) electrons. The number of benzene rings is 2. The van der Waals surface area contributed by atoms with Crippen LogP contribution in [0.5, 0.6) is 0 Å². The number of ketones is 1. The van der Waals surface area contributed by atoms with E-state index in [4.69, 9.17) is 4.74 Å². The van der Waals surface area contributed by atoms with Crippen LogP contribution in [0, 0.1) is 0 Å². The summed E-state index contributed by atoms with van der Waals surface area (Å²) in [5, 5.41) is 3.33. The van der Waals surface area contributed by atoms with E-state index in [0.717, 1.165) is 10.9 Å². The van der Waals surface area contributed by atoms with Gasteiger partial charge in [0.25, 0.3) is 5.91 Å². The molecule has 0 spiro atoms. The summed E-state index contributed by atoms with van der Waals surface area (Å²) in [4.78, 5) is 39.4. The number of fused-ring (bicyclic) bond motifs is 1. The summed E-state index contributed by atoms with van der Waals surface area (Å²) in [7, 11) is 0. The van der Waals surface area contributed by atoms with Gasteiger partial charge in [0.2, 0.25) is 5.78 Å². The molecule has 2 aromatic carbocycles. The summed E-state index contributed by atoms with van der Waals surface area (Å²) < 4.78 is 5.06. The number of aromatic amines is 1. The Kier molecular flexibility index (Phi) is 5.12. The third-order valence-corrected chi connectivity index (χ3v) is 3.97. The number of carbonyl (C=O) groups excluding carboxylic acids is 3. The number of para-hydroxylation sites is 1. The van der Waals surface area contributed by atoms with E-state index in [9.17, 15) is 14.4 Å². The zero-order chi connectivity index (χ0) is 18.5. The molecule has 0 saturated carbocycles. The largest absolute Gasteiger partial charge is 0.456 e. The minimum atomic E-state index is -0.863. The van der Waals surface area contributed by atoms with Gasteiger partial charge in [-0.3, -0.25) is 9.59 Å². The fraction of sp³-hybridized carbons (Fsp3) is 0.150. The lowest BCUT2D eigenvalue weighted by atomic mass is 10.1. The zero-order valence-electron chi connectivity index (χ0n) is 14.2. The van der Waals surface area contributed by atoms with E-state index < -0.39 is 12.0 Å². The van der Waals surface area contributed by atoms with Gasteiger partial charge in [0.15, 0.2) is 6.61 Å². The molecule has 1 atom stereocenters. The summed E-state index contributed by atoms with van der Waals surface area (Å²) in [6.07, 6.45) is 1.60. The Labute approximate surface area is 150 Å². The summed E-state index contributed by atoms with van der Waals surface area (Å²) in [6, 6.07) is 15.1. The van der Waals surface area contributed by atoms with Gasteiger partial charge in [0.05, 0.1) is 0 Å². The summed E-state index contributed by atoms with van der Waals surface area (Å²) in [5.41, 5.74) is 1.75. The van der Waals surface area contributed by atoms with Gasteiger partial charge in [-0.1, -0.05) is 36.4 Å². The van der Waals surface area contributed by atoms with Crippen LogP contribution in [-0.2, 0) is 9.53 Å². The van der Waals surface area contributed by atoms with Crippen LogP contribution in [0.15, 0.2) is 60.8 Å². The van der Waals surface area contributed by atoms with Gasteiger partial charge in [-0.25, -0.2) is 4.79 Å². The first-order chi connectivity index (χ1) is 12.6. The van der Waals surface area contributed by atoms with Gasteiger partial charge in [0.1, 0.15) is 6.04 Å². The Morgan fingerprint density at radius 3 is 2.50 bits per heavy atom. The Morgan fingerprint density at radius 1 is 1.04 bits per heavy atom. The number of aromatic nitrogens is 1. The average Bonchev–Trinajstić information content (AvgIpc) is 3.10. The van der Waals surface area contributed by atoms with E-state index in [0.29, 0.717) is 11.1 Å². The topological polar surface area (TPSA) is 88.3 Å². The number of rotatable bonds is 6. The van der Waals surface area contributed by atoms with Crippen LogP contribution < -0.4 is 5.32 Å². The maximum absolute atomic E-state index is 12.3. The molecule has 0 fully saturated rings.